The molecule has 0 saturated carbocycles. The molecule has 0 saturated heterocycles. The second-order valence-corrected chi connectivity index (χ2v) is 18.5. The van der Waals surface area contributed by atoms with Crippen molar-refractivity contribution in [2.45, 2.75) is 206 Å². The van der Waals surface area contributed by atoms with Gasteiger partial charge in [-0.25, -0.2) is 0 Å². The Morgan fingerprint density at radius 1 is 0.621 bits per heavy atom. The van der Waals surface area contributed by atoms with Gasteiger partial charge >= 0.3 is 0 Å². The number of aliphatic hydroxyl groups excluding tert-OH is 1. The van der Waals surface area contributed by atoms with E-state index < -0.39 is 26.6 Å². The Labute approximate surface area is 358 Å². The Hall–Kier alpha value is -1.80. The van der Waals surface area contributed by atoms with Crippen LogP contribution in [0.3, 0.4) is 0 Å². The van der Waals surface area contributed by atoms with E-state index in [1.807, 2.05) is 27.2 Å². The summed E-state index contributed by atoms with van der Waals surface area (Å²) in [6, 6.07) is -0.910. The number of hydrogen-bond donors (Lipinski definition) is 2. The molecule has 0 aliphatic carbocycles. The summed E-state index contributed by atoms with van der Waals surface area (Å²) in [5, 5.41) is 13.8. The molecule has 0 aromatic rings. The smallest absolute Gasteiger partial charge is 0.268 e. The van der Waals surface area contributed by atoms with Crippen molar-refractivity contribution in [2.24, 2.45) is 0 Å². The van der Waals surface area contributed by atoms with Crippen LogP contribution >= 0.6 is 7.82 Å². The molecule has 8 nitrogen and oxygen atoms in total. The average Bonchev–Trinajstić information content (AvgIpc) is 3.17. The summed E-state index contributed by atoms with van der Waals surface area (Å²) in [6.45, 7) is 4.50. The number of likely N-dealkylation sites (N-methyl/N-ethyl adjacent to an activating group) is 1. The summed E-state index contributed by atoms with van der Waals surface area (Å²) in [7, 11) is 1.23. The molecular weight excluding hydrogens is 744 g/mol. The van der Waals surface area contributed by atoms with E-state index in [4.69, 9.17) is 9.05 Å². The van der Waals surface area contributed by atoms with E-state index in [1.54, 1.807) is 6.08 Å². The van der Waals surface area contributed by atoms with Crippen LogP contribution in [0.1, 0.15) is 194 Å². The lowest BCUT2D eigenvalue weighted by molar-refractivity contribution is -0.870. The van der Waals surface area contributed by atoms with Gasteiger partial charge in [0.2, 0.25) is 5.91 Å². The zero-order valence-corrected chi connectivity index (χ0v) is 39.1. The van der Waals surface area contributed by atoms with Crippen molar-refractivity contribution in [1.29, 1.82) is 0 Å². The van der Waals surface area contributed by atoms with Crippen molar-refractivity contribution < 1.29 is 32.9 Å². The molecule has 0 rings (SSSR count). The molecule has 2 N–H and O–H groups in total. The molecule has 0 bridgehead atoms. The van der Waals surface area contributed by atoms with Gasteiger partial charge in [0.1, 0.15) is 13.2 Å². The molecule has 338 valence electrons. The van der Waals surface area contributed by atoms with Gasteiger partial charge in [0, 0.05) is 6.42 Å². The first-order valence-corrected chi connectivity index (χ1v) is 25.1. The van der Waals surface area contributed by atoms with Gasteiger partial charge in [-0.05, 0) is 64.2 Å². The second-order valence-electron chi connectivity index (χ2n) is 17.1. The quantitative estimate of drug-likeness (QED) is 0.0274. The zero-order valence-electron chi connectivity index (χ0n) is 38.2. The molecule has 0 aliphatic rings. The van der Waals surface area contributed by atoms with Crippen molar-refractivity contribution in [2.75, 3.05) is 40.9 Å². The van der Waals surface area contributed by atoms with Crippen molar-refractivity contribution >= 4 is 13.7 Å². The van der Waals surface area contributed by atoms with Crippen molar-refractivity contribution in [3.05, 3.63) is 60.8 Å². The number of phosphoric acid groups is 1. The lowest BCUT2D eigenvalue weighted by Crippen LogP contribution is -2.45. The molecule has 1 amide bonds. The summed E-state index contributed by atoms with van der Waals surface area (Å²) < 4.78 is 23.2. The van der Waals surface area contributed by atoms with E-state index in [9.17, 15) is 19.4 Å². The fourth-order valence-electron chi connectivity index (χ4n) is 6.48. The Morgan fingerprint density at radius 3 is 1.60 bits per heavy atom. The molecule has 0 fully saturated rings. The minimum absolute atomic E-state index is 0.0108. The number of rotatable bonds is 42. The van der Waals surface area contributed by atoms with E-state index in [2.05, 4.69) is 67.8 Å². The number of nitrogens with one attached hydrogen (secondary N) is 1. The van der Waals surface area contributed by atoms with Crippen molar-refractivity contribution in [3.63, 3.8) is 0 Å². The largest absolute Gasteiger partial charge is 0.756 e. The summed E-state index contributed by atoms with van der Waals surface area (Å²) in [4.78, 5) is 25.3. The summed E-state index contributed by atoms with van der Waals surface area (Å²) in [5.41, 5.74) is 0. The first-order valence-electron chi connectivity index (χ1n) is 23.7. The second kappa shape index (κ2) is 40.6. The highest BCUT2D eigenvalue weighted by Crippen LogP contribution is 2.38. The van der Waals surface area contributed by atoms with Gasteiger partial charge in [-0.1, -0.05) is 184 Å². The van der Waals surface area contributed by atoms with Crippen molar-refractivity contribution in [3.8, 4) is 0 Å². The average molecular weight is 835 g/mol. The molecule has 3 unspecified atom stereocenters. The minimum Gasteiger partial charge on any atom is -0.756 e. The number of carbonyl (C=O) groups is 1. The van der Waals surface area contributed by atoms with E-state index >= 15 is 0 Å². The van der Waals surface area contributed by atoms with E-state index in [-0.39, 0.29) is 12.5 Å². The number of amides is 1. The third-order valence-electron chi connectivity index (χ3n) is 10.2. The van der Waals surface area contributed by atoms with Gasteiger partial charge in [0.15, 0.2) is 0 Å². The highest BCUT2D eigenvalue weighted by molar-refractivity contribution is 7.45. The number of aliphatic hydroxyl groups is 1. The molecule has 3 atom stereocenters. The number of quaternary nitrogens is 1. The van der Waals surface area contributed by atoms with Crippen LogP contribution in [0.2, 0.25) is 0 Å². The fraction of sp³-hybridized carbons (Fsp3) is 0.776. The zero-order chi connectivity index (χ0) is 42.8. The predicted octanol–water partition coefficient (Wildman–Crippen LogP) is 12.8. The maximum atomic E-state index is 12.9. The van der Waals surface area contributed by atoms with Crippen LogP contribution in [-0.2, 0) is 18.4 Å². The standard InChI is InChI=1S/C49H91N2O6P/c1-6-8-10-12-14-16-18-20-22-24-25-27-28-30-32-34-36-38-40-42-48(52)47(46-57-58(54,55)56-45-44-51(3,4)5)50-49(53)43-41-39-37-35-33-31-29-26-23-21-19-17-15-13-11-9-7-2/h9,11,15,17,21,23,32,34,40,42,47-48,52H,6-8,10,12-14,16,18-20,22,24-31,33,35-39,41,43-46H2,1-5H3,(H-,50,53,54,55)/b11-9-,17-15-,23-21-,34-32+,42-40+. The van der Waals surface area contributed by atoms with Gasteiger partial charge in [-0.15, -0.1) is 0 Å². The van der Waals surface area contributed by atoms with E-state index in [0.717, 1.165) is 70.6 Å². The van der Waals surface area contributed by atoms with Crippen LogP contribution < -0.4 is 10.2 Å². The van der Waals surface area contributed by atoms with Crippen LogP contribution in [0.4, 0.5) is 0 Å². The van der Waals surface area contributed by atoms with Crippen LogP contribution in [0.25, 0.3) is 0 Å². The number of allylic oxidation sites excluding steroid dienone is 9. The number of hydrogen-bond acceptors (Lipinski definition) is 6. The molecule has 0 spiro atoms. The Morgan fingerprint density at radius 2 is 1.07 bits per heavy atom. The van der Waals surface area contributed by atoms with E-state index in [1.165, 1.54) is 103 Å². The van der Waals surface area contributed by atoms with Gasteiger partial charge in [-0.3, -0.25) is 9.36 Å². The Balaban J connectivity index is 4.45. The lowest BCUT2D eigenvalue weighted by Gasteiger charge is -2.29. The molecule has 0 heterocycles. The molecule has 0 aromatic heterocycles. The first-order chi connectivity index (χ1) is 28.0. The maximum absolute atomic E-state index is 12.9. The SMILES string of the molecule is CC/C=C\C/C=C\C/C=C\CCCCCCCCCC(=O)NC(COP(=O)([O-])OCC[N+](C)(C)C)C(O)/C=C/CC/C=C/CCCCCCCCCCCCCCC. The number of unbranched alkanes of at least 4 members (excludes halogenated alkanes) is 21. The summed E-state index contributed by atoms with van der Waals surface area (Å²) in [6.07, 6.45) is 52.7. The number of nitrogens with zero attached hydrogens (tertiary/aromatic N) is 1. The van der Waals surface area contributed by atoms with E-state index in [0.29, 0.717) is 17.4 Å². The van der Waals surface area contributed by atoms with Gasteiger partial charge in [-0.2, -0.15) is 0 Å². The Bertz CT molecular complexity index is 1130. The van der Waals surface area contributed by atoms with Crippen LogP contribution in [-0.4, -0.2) is 68.5 Å². The molecule has 9 heteroatoms. The van der Waals surface area contributed by atoms with Crippen LogP contribution in [0, 0.1) is 0 Å². The highest BCUT2D eigenvalue weighted by atomic mass is 31.2. The van der Waals surface area contributed by atoms with Gasteiger partial charge in [0.25, 0.3) is 7.82 Å². The molecule has 0 aromatic carbocycles. The molecule has 58 heavy (non-hydrogen) atoms. The normalized spacial score (nSPS) is 14.8. The number of carbonyl (C=O) groups excluding carboxylic acids is 1. The van der Waals surface area contributed by atoms with Crippen LogP contribution in [0.5, 0.6) is 0 Å². The summed E-state index contributed by atoms with van der Waals surface area (Å²) >= 11 is 0. The highest BCUT2D eigenvalue weighted by Gasteiger charge is 2.23. The van der Waals surface area contributed by atoms with Crippen molar-refractivity contribution in [1.82, 2.24) is 5.32 Å². The molecule has 0 radical (unpaired) electrons. The lowest BCUT2D eigenvalue weighted by atomic mass is 10.0. The summed E-state index contributed by atoms with van der Waals surface area (Å²) in [5.74, 6) is -0.220. The van der Waals surface area contributed by atoms with Crippen LogP contribution in [0.15, 0.2) is 60.8 Å². The third-order valence-corrected chi connectivity index (χ3v) is 11.2. The fourth-order valence-corrected chi connectivity index (χ4v) is 7.20. The van der Waals surface area contributed by atoms with Gasteiger partial charge in [0.05, 0.1) is 39.9 Å². The molecular formula is C49H91N2O6P. The maximum Gasteiger partial charge on any atom is 0.268 e. The number of phosphoric ester groups is 1. The monoisotopic (exact) mass is 835 g/mol. The topological polar surface area (TPSA) is 108 Å². The Kier molecular flexibility index (Phi) is 39.3. The first kappa shape index (κ1) is 56.2. The van der Waals surface area contributed by atoms with Gasteiger partial charge < -0.3 is 28.8 Å². The molecule has 0 aliphatic heterocycles. The minimum atomic E-state index is -4.60. The predicted molar refractivity (Wildman–Crippen MR) is 247 cm³/mol. The third kappa shape index (κ3) is 42.3.